The minimum absolute atomic E-state index is 0.509. The highest BCUT2D eigenvalue weighted by Crippen LogP contribution is 1.97. The van der Waals surface area contributed by atoms with Crippen molar-refractivity contribution in [3.05, 3.63) is 0 Å². The number of nitrogens with one attached hydrogen (secondary N) is 2. The molecular formula is C13H32N4O2S. The van der Waals surface area contributed by atoms with Crippen LogP contribution in [0.3, 0.4) is 0 Å². The van der Waals surface area contributed by atoms with Crippen LogP contribution in [0.4, 0.5) is 0 Å². The molecule has 0 aromatic carbocycles. The zero-order valence-electron chi connectivity index (χ0n) is 13.5. The van der Waals surface area contributed by atoms with Gasteiger partial charge in [0, 0.05) is 20.1 Å². The largest absolute Gasteiger partial charge is 0.317 e. The van der Waals surface area contributed by atoms with Gasteiger partial charge in [0.25, 0.3) is 10.2 Å². The van der Waals surface area contributed by atoms with E-state index in [1.165, 1.54) is 4.31 Å². The third-order valence-electron chi connectivity index (χ3n) is 2.98. The fourth-order valence-corrected chi connectivity index (χ4v) is 2.71. The standard InChI is InChI=1S/C13H32N4O2S/c1-5-9-14-10-8-13-17(4)20(18,19)15-11-6-7-12-16(2)3/h14-15H,5-13H2,1-4H3. The lowest BCUT2D eigenvalue weighted by Gasteiger charge is -2.18. The minimum Gasteiger partial charge on any atom is -0.317 e. The van der Waals surface area contributed by atoms with Crippen LogP contribution in [0, 0.1) is 0 Å². The molecule has 0 radical (unpaired) electrons. The Balaban J connectivity index is 3.74. The van der Waals surface area contributed by atoms with Gasteiger partial charge in [0.05, 0.1) is 0 Å². The van der Waals surface area contributed by atoms with Gasteiger partial charge in [0.15, 0.2) is 0 Å². The van der Waals surface area contributed by atoms with Gasteiger partial charge in [-0.15, -0.1) is 0 Å². The van der Waals surface area contributed by atoms with Gasteiger partial charge < -0.3 is 10.2 Å². The number of rotatable bonds is 13. The summed E-state index contributed by atoms with van der Waals surface area (Å²) in [6.07, 6.45) is 3.80. The summed E-state index contributed by atoms with van der Waals surface area (Å²) < 4.78 is 27.9. The van der Waals surface area contributed by atoms with E-state index in [1.54, 1.807) is 7.05 Å². The topological polar surface area (TPSA) is 64.7 Å². The van der Waals surface area contributed by atoms with E-state index in [0.29, 0.717) is 13.1 Å². The highest BCUT2D eigenvalue weighted by molar-refractivity contribution is 7.87. The molecule has 0 fully saturated rings. The Morgan fingerprint density at radius 3 is 2.20 bits per heavy atom. The van der Waals surface area contributed by atoms with Gasteiger partial charge in [-0.1, -0.05) is 6.92 Å². The third-order valence-corrected chi connectivity index (χ3v) is 4.55. The van der Waals surface area contributed by atoms with Crippen molar-refractivity contribution in [3.63, 3.8) is 0 Å². The summed E-state index contributed by atoms with van der Waals surface area (Å²) >= 11 is 0. The molecule has 0 spiro atoms. The lowest BCUT2D eigenvalue weighted by molar-refractivity contribution is 0.393. The van der Waals surface area contributed by atoms with Gasteiger partial charge in [0.1, 0.15) is 0 Å². The number of nitrogens with zero attached hydrogens (tertiary/aromatic N) is 2. The lowest BCUT2D eigenvalue weighted by atomic mass is 10.3. The Kier molecular flexibility index (Phi) is 11.3. The molecule has 7 heteroatoms. The smallest absolute Gasteiger partial charge is 0.279 e. The summed E-state index contributed by atoms with van der Waals surface area (Å²) in [6.45, 7) is 6.00. The molecule has 0 heterocycles. The average Bonchev–Trinajstić information content (AvgIpc) is 2.37. The van der Waals surface area contributed by atoms with E-state index in [0.717, 1.165) is 45.3 Å². The molecule has 0 saturated carbocycles. The van der Waals surface area contributed by atoms with E-state index in [4.69, 9.17) is 0 Å². The molecule has 0 amide bonds. The molecule has 122 valence electrons. The molecule has 0 aliphatic heterocycles. The Labute approximate surface area is 125 Å². The molecule has 0 bridgehead atoms. The van der Waals surface area contributed by atoms with Crippen LogP contribution in [0.5, 0.6) is 0 Å². The van der Waals surface area contributed by atoms with Crippen molar-refractivity contribution in [2.75, 3.05) is 53.9 Å². The number of hydrogen-bond acceptors (Lipinski definition) is 4. The van der Waals surface area contributed by atoms with Gasteiger partial charge >= 0.3 is 0 Å². The Bertz CT molecular complexity index is 320. The van der Waals surface area contributed by atoms with E-state index in [-0.39, 0.29) is 0 Å². The normalized spacial score (nSPS) is 12.5. The SMILES string of the molecule is CCCNCCCN(C)S(=O)(=O)NCCCCN(C)C. The molecule has 0 rings (SSSR count). The molecule has 0 aromatic rings. The van der Waals surface area contributed by atoms with Crippen molar-refractivity contribution in [1.29, 1.82) is 0 Å². The second-order valence-corrected chi connectivity index (χ2v) is 7.20. The first-order valence-electron chi connectivity index (χ1n) is 7.46. The van der Waals surface area contributed by atoms with Gasteiger partial charge in [0.2, 0.25) is 0 Å². The fraction of sp³-hybridized carbons (Fsp3) is 1.00. The molecule has 0 aliphatic rings. The number of hydrogen-bond donors (Lipinski definition) is 2. The van der Waals surface area contributed by atoms with Crippen LogP contribution in [0.15, 0.2) is 0 Å². The van der Waals surface area contributed by atoms with E-state index < -0.39 is 10.2 Å². The minimum atomic E-state index is -3.31. The maximum absolute atomic E-state index is 11.9. The molecule has 2 N–H and O–H groups in total. The summed E-state index contributed by atoms with van der Waals surface area (Å²) in [7, 11) is 2.35. The van der Waals surface area contributed by atoms with Crippen molar-refractivity contribution in [2.45, 2.75) is 32.6 Å². The summed E-state index contributed by atoms with van der Waals surface area (Å²) in [5, 5.41) is 3.27. The maximum atomic E-state index is 11.9. The molecule has 20 heavy (non-hydrogen) atoms. The highest BCUT2D eigenvalue weighted by atomic mass is 32.2. The van der Waals surface area contributed by atoms with Crippen LogP contribution in [0.25, 0.3) is 0 Å². The van der Waals surface area contributed by atoms with E-state index in [9.17, 15) is 8.42 Å². The first kappa shape index (κ1) is 19.8. The van der Waals surface area contributed by atoms with Crippen molar-refractivity contribution in [3.8, 4) is 0 Å². The van der Waals surface area contributed by atoms with Crippen LogP contribution in [0.2, 0.25) is 0 Å². The van der Waals surface area contributed by atoms with Crippen molar-refractivity contribution < 1.29 is 8.42 Å². The zero-order chi connectivity index (χ0) is 15.4. The zero-order valence-corrected chi connectivity index (χ0v) is 14.3. The summed E-state index contributed by atoms with van der Waals surface area (Å²) in [5.74, 6) is 0. The highest BCUT2D eigenvalue weighted by Gasteiger charge is 2.15. The maximum Gasteiger partial charge on any atom is 0.279 e. The molecule has 6 nitrogen and oxygen atoms in total. The molecule has 0 saturated heterocycles. The monoisotopic (exact) mass is 308 g/mol. The lowest BCUT2D eigenvalue weighted by Crippen LogP contribution is -2.39. The Morgan fingerprint density at radius 1 is 0.900 bits per heavy atom. The Morgan fingerprint density at radius 2 is 1.60 bits per heavy atom. The molecular weight excluding hydrogens is 276 g/mol. The summed E-state index contributed by atoms with van der Waals surface area (Å²) in [4.78, 5) is 2.10. The fourth-order valence-electron chi connectivity index (χ4n) is 1.71. The Hall–Kier alpha value is -0.210. The summed E-state index contributed by atoms with van der Waals surface area (Å²) in [6, 6.07) is 0. The van der Waals surface area contributed by atoms with Crippen LogP contribution >= 0.6 is 0 Å². The first-order valence-corrected chi connectivity index (χ1v) is 8.90. The van der Waals surface area contributed by atoms with E-state index >= 15 is 0 Å². The predicted molar refractivity (Wildman–Crippen MR) is 85.1 cm³/mol. The van der Waals surface area contributed by atoms with Crippen molar-refractivity contribution >= 4 is 10.2 Å². The number of unbranched alkanes of at least 4 members (excludes halogenated alkanes) is 1. The van der Waals surface area contributed by atoms with Crippen molar-refractivity contribution in [1.82, 2.24) is 19.2 Å². The molecule has 0 unspecified atom stereocenters. The van der Waals surface area contributed by atoms with Crippen LogP contribution < -0.4 is 10.0 Å². The van der Waals surface area contributed by atoms with Gasteiger partial charge in [-0.3, -0.25) is 0 Å². The second kappa shape index (κ2) is 11.4. The third kappa shape index (κ3) is 10.6. The van der Waals surface area contributed by atoms with Gasteiger partial charge in [-0.05, 0) is 59.4 Å². The van der Waals surface area contributed by atoms with E-state index in [2.05, 4.69) is 21.9 Å². The molecule has 0 atom stereocenters. The average molecular weight is 308 g/mol. The van der Waals surface area contributed by atoms with Gasteiger partial charge in [-0.25, -0.2) is 4.72 Å². The van der Waals surface area contributed by atoms with Gasteiger partial charge in [-0.2, -0.15) is 12.7 Å². The van der Waals surface area contributed by atoms with Crippen molar-refractivity contribution in [2.24, 2.45) is 0 Å². The quantitative estimate of drug-likeness (QED) is 0.486. The predicted octanol–water partition coefficient (Wildman–Crippen LogP) is 0.484. The van der Waals surface area contributed by atoms with Crippen LogP contribution in [-0.4, -0.2) is 71.5 Å². The van der Waals surface area contributed by atoms with E-state index in [1.807, 2.05) is 14.1 Å². The first-order chi connectivity index (χ1) is 9.40. The van der Waals surface area contributed by atoms with Crippen LogP contribution in [-0.2, 0) is 10.2 Å². The second-order valence-electron chi connectivity index (χ2n) is 5.33. The van der Waals surface area contributed by atoms with Crippen LogP contribution in [0.1, 0.15) is 32.6 Å². The molecule has 0 aromatic heterocycles. The molecule has 0 aliphatic carbocycles. The summed E-state index contributed by atoms with van der Waals surface area (Å²) in [5.41, 5.74) is 0.